The van der Waals surface area contributed by atoms with Gasteiger partial charge in [-0.05, 0) is 115 Å². The van der Waals surface area contributed by atoms with Crippen LogP contribution in [0.4, 0.5) is 0 Å². The molecule has 216 valence electrons. The van der Waals surface area contributed by atoms with Gasteiger partial charge >= 0.3 is 0 Å². The van der Waals surface area contributed by atoms with Crippen molar-refractivity contribution in [2.45, 2.75) is 156 Å². The molecule has 4 aliphatic carbocycles. The second-order valence-electron chi connectivity index (χ2n) is 16.7. The minimum absolute atomic E-state index is 0.124. The summed E-state index contributed by atoms with van der Waals surface area (Å²) in [7, 11) is -1.85. The second kappa shape index (κ2) is 10.5. The molecule has 0 saturated heterocycles. The van der Waals surface area contributed by atoms with Crippen molar-refractivity contribution in [3.63, 3.8) is 0 Å². The molecule has 0 aromatic carbocycles. The van der Waals surface area contributed by atoms with E-state index < -0.39 is 20.5 Å². The highest BCUT2D eigenvalue weighted by Gasteiger charge is 2.65. The van der Waals surface area contributed by atoms with Gasteiger partial charge in [0, 0.05) is 6.10 Å². The fourth-order valence-corrected chi connectivity index (χ4v) is 11.3. The highest BCUT2D eigenvalue weighted by Crippen LogP contribution is 2.68. The Morgan fingerprint density at radius 2 is 1.46 bits per heavy atom. The van der Waals surface area contributed by atoms with E-state index in [4.69, 9.17) is 4.43 Å². The van der Waals surface area contributed by atoms with E-state index in [1.165, 1.54) is 44.9 Å². The maximum absolute atomic E-state index is 11.8. The summed E-state index contributed by atoms with van der Waals surface area (Å²) in [5.74, 6) is 3.86. The smallest absolute Gasteiger partial charge is 0.192 e. The second-order valence-corrected chi connectivity index (χ2v) is 21.4. The van der Waals surface area contributed by atoms with Gasteiger partial charge in [0.15, 0.2) is 8.32 Å². The van der Waals surface area contributed by atoms with Crippen LogP contribution in [0.3, 0.4) is 0 Å². The van der Waals surface area contributed by atoms with E-state index in [2.05, 4.69) is 68.5 Å². The monoisotopic (exact) mass is 534 g/mol. The number of fused-ring (bicyclic) bond motifs is 5. The predicted octanol–water partition coefficient (Wildman–Crippen LogP) is 8.44. The molecule has 4 aliphatic rings. The molecular weight excluding hydrogens is 472 g/mol. The third kappa shape index (κ3) is 5.29. The van der Waals surface area contributed by atoms with Crippen LogP contribution in [0.25, 0.3) is 0 Å². The number of hydrogen-bond acceptors (Lipinski definition) is 3. The molecule has 37 heavy (non-hydrogen) atoms. The zero-order valence-corrected chi connectivity index (χ0v) is 27.1. The van der Waals surface area contributed by atoms with Crippen LogP contribution in [0, 0.1) is 52.3 Å². The molecule has 4 saturated carbocycles. The van der Waals surface area contributed by atoms with Crippen LogP contribution in [0.1, 0.15) is 120 Å². The summed E-state index contributed by atoms with van der Waals surface area (Å²) in [6, 6.07) is 0. The molecule has 0 heterocycles. The van der Waals surface area contributed by atoms with Crippen LogP contribution < -0.4 is 0 Å². The molecule has 3 nitrogen and oxygen atoms in total. The van der Waals surface area contributed by atoms with Gasteiger partial charge in [-0.15, -0.1) is 0 Å². The third-order valence-electron chi connectivity index (χ3n) is 13.2. The Morgan fingerprint density at radius 1 is 0.838 bits per heavy atom. The molecular formula is C33H62O3Si. The van der Waals surface area contributed by atoms with Crippen LogP contribution in [0.5, 0.6) is 0 Å². The van der Waals surface area contributed by atoms with Crippen molar-refractivity contribution in [1.29, 1.82) is 0 Å². The first-order valence-electron chi connectivity index (χ1n) is 16.1. The zero-order chi connectivity index (χ0) is 27.6. The van der Waals surface area contributed by atoms with Crippen LogP contribution >= 0.6 is 0 Å². The summed E-state index contributed by atoms with van der Waals surface area (Å²) < 4.78 is 6.88. The lowest BCUT2D eigenvalue weighted by Crippen LogP contribution is -2.64. The highest BCUT2D eigenvalue weighted by molar-refractivity contribution is 6.74. The maximum atomic E-state index is 11.8. The van der Waals surface area contributed by atoms with Crippen molar-refractivity contribution in [2.75, 3.05) is 0 Å². The van der Waals surface area contributed by atoms with E-state index in [0.717, 1.165) is 37.0 Å². The normalized spacial score (nSPS) is 45.3. The molecule has 0 bridgehead atoms. The average Bonchev–Trinajstić information content (AvgIpc) is 3.14. The zero-order valence-electron chi connectivity index (χ0n) is 26.1. The van der Waals surface area contributed by atoms with Gasteiger partial charge in [0.1, 0.15) is 0 Å². The largest absolute Gasteiger partial charge is 0.414 e. The first-order chi connectivity index (χ1) is 17.0. The molecule has 0 aliphatic heterocycles. The number of aliphatic hydroxyl groups is 2. The SMILES string of the molecule is CC(C)CCC[C@@H](C)[C@H]1CC[C@H]2[C@@H]3[C@@H](O)[C@H](O)C4CC(O[Si](C)(C)C(C)(C)C)CC[C@]4(C)[C@H]3CC[C@]12C. The van der Waals surface area contributed by atoms with Crippen molar-refractivity contribution < 1.29 is 14.6 Å². The fraction of sp³-hybridized carbons (Fsp3) is 1.00. The van der Waals surface area contributed by atoms with E-state index in [1.807, 2.05) is 0 Å². The molecule has 0 spiro atoms. The topological polar surface area (TPSA) is 49.7 Å². The Kier molecular flexibility index (Phi) is 8.53. The van der Waals surface area contributed by atoms with Gasteiger partial charge in [0.25, 0.3) is 0 Å². The molecule has 0 aromatic heterocycles. The van der Waals surface area contributed by atoms with Crippen LogP contribution in [0.15, 0.2) is 0 Å². The van der Waals surface area contributed by atoms with Crippen molar-refractivity contribution in [2.24, 2.45) is 52.3 Å². The Balaban J connectivity index is 1.50. The Bertz CT molecular complexity index is 789. The summed E-state index contributed by atoms with van der Waals surface area (Å²) >= 11 is 0. The van der Waals surface area contributed by atoms with E-state index >= 15 is 0 Å². The molecule has 0 radical (unpaired) electrons. The lowest BCUT2D eigenvalue weighted by molar-refractivity contribution is -0.222. The summed E-state index contributed by atoms with van der Waals surface area (Å²) in [5.41, 5.74) is 0.448. The quantitative estimate of drug-likeness (QED) is 0.322. The molecule has 4 heteroatoms. The van der Waals surface area contributed by atoms with E-state index in [0.29, 0.717) is 17.3 Å². The van der Waals surface area contributed by atoms with Gasteiger partial charge in [-0.25, -0.2) is 0 Å². The minimum atomic E-state index is -1.85. The predicted molar refractivity (Wildman–Crippen MR) is 158 cm³/mol. The molecule has 4 fully saturated rings. The fourth-order valence-electron chi connectivity index (χ4n) is 9.95. The van der Waals surface area contributed by atoms with Crippen LogP contribution in [-0.2, 0) is 4.43 Å². The summed E-state index contributed by atoms with van der Waals surface area (Å²) in [6.45, 7) is 23.9. The Hall–Kier alpha value is 0.0969. The highest BCUT2D eigenvalue weighted by atomic mass is 28.4. The van der Waals surface area contributed by atoms with Gasteiger partial charge in [0.05, 0.1) is 12.2 Å². The number of aliphatic hydroxyl groups excluding tert-OH is 2. The van der Waals surface area contributed by atoms with Gasteiger partial charge in [0.2, 0.25) is 0 Å². The summed E-state index contributed by atoms with van der Waals surface area (Å²) in [6.07, 6.45) is 11.4. The van der Waals surface area contributed by atoms with E-state index in [-0.39, 0.29) is 28.4 Å². The number of hydrogen-bond donors (Lipinski definition) is 2. The molecule has 11 atom stereocenters. The molecule has 4 rings (SSSR count). The van der Waals surface area contributed by atoms with Gasteiger partial charge in [-0.3, -0.25) is 0 Å². The first kappa shape index (κ1) is 30.1. The van der Waals surface area contributed by atoms with Crippen molar-refractivity contribution in [3.8, 4) is 0 Å². The third-order valence-corrected chi connectivity index (χ3v) is 17.7. The molecule has 2 unspecified atom stereocenters. The minimum Gasteiger partial charge on any atom is -0.414 e. The standard InChI is InChI=1S/C33H62O3Si/c1-21(2)12-11-13-22(3)24-14-15-25-28-26(17-19-32(24,25)7)33(8)18-16-23(20-27(33)29(34)30(28)35)36-37(9,10)31(4,5)6/h21-30,34-35H,11-20H2,1-10H3/t22-,23?,24-,25+,26+,27?,28+,29-,30-,32-,33-/m1/s1. The summed E-state index contributed by atoms with van der Waals surface area (Å²) in [4.78, 5) is 0. The molecule has 0 aromatic rings. The van der Waals surface area contributed by atoms with Crippen LogP contribution in [0.2, 0.25) is 18.1 Å². The maximum Gasteiger partial charge on any atom is 0.192 e. The first-order valence-corrected chi connectivity index (χ1v) is 19.0. The molecule has 0 amide bonds. The summed E-state index contributed by atoms with van der Waals surface area (Å²) in [5, 5.41) is 23.7. The van der Waals surface area contributed by atoms with Gasteiger partial charge in [-0.2, -0.15) is 0 Å². The van der Waals surface area contributed by atoms with Gasteiger partial charge in [-0.1, -0.05) is 74.7 Å². The Labute approximate surface area is 231 Å². The lowest BCUT2D eigenvalue weighted by atomic mass is 9.43. The van der Waals surface area contributed by atoms with Gasteiger partial charge < -0.3 is 14.6 Å². The van der Waals surface area contributed by atoms with Crippen molar-refractivity contribution >= 4 is 8.32 Å². The number of rotatable bonds is 7. The van der Waals surface area contributed by atoms with Crippen LogP contribution in [-0.4, -0.2) is 36.8 Å². The van der Waals surface area contributed by atoms with Crippen molar-refractivity contribution in [1.82, 2.24) is 0 Å². The molecule has 2 N–H and O–H groups in total. The average molecular weight is 535 g/mol. The van der Waals surface area contributed by atoms with Crippen molar-refractivity contribution in [3.05, 3.63) is 0 Å². The Morgan fingerprint density at radius 3 is 2.08 bits per heavy atom. The van der Waals surface area contributed by atoms with E-state index in [1.54, 1.807) is 0 Å². The van der Waals surface area contributed by atoms with E-state index in [9.17, 15) is 10.2 Å². The lowest BCUT2D eigenvalue weighted by Gasteiger charge is -2.64.